The topological polar surface area (TPSA) is 29.3 Å². The Hall–Kier alpha value is -1.02. The molecule has 3 aliphatic rings. The number of likely N-dealkylation sites (tertiary alicyclic amines) is 1. The van der Waals surface area contributed by atoms with E-state index in [2.05, 4.69) is 30.1 Å². The first kappa shape index (κ1) is 11.8. The van der Waals surface area contributed by atoms with Crippen molar-refractivity contribution >= 4 is 5.69 Å². The zero-order valence-corrected chi connectivity index (χ0v) is 11.9. The lowest BCUT2D eigenvalue weighted by atomic mass is 9.52. The minimum atomic E-state index is 0.457. The third-order valence-electron chi connectivity index (χ3n) is 6.14. The molecule has 102 valence electrons. The van der Waals surface area contributed by atoms with Crippen LogP contribution in [0, 0.1) is 5.92 Å². The SMILES string of the molecule is CN1CC[C@]23CCCCC2C1Cc1ccc(N)cc13. The number of nitrogen functional groups attached to an aromatic ring is 1. The van der Waals surface area contributed by atoms with Crippen LogP contribution >= 0.6 is 0 Å². The molecule has 2 unspecified atom stereocenters. The molecule has 0 aromatic heterocycles. The molecular formula is C17H24N2. The lowest BCUT2D eigenvalue weighted by molar-refractivity contribution is 0.00291. The molecule has 2 bridgehead atoms. The summed E-state index contributed by atoms with van der Waals surface area (Å²) in [5.41, 5.74) is 10.7. The minimum Gasteiger partial charge on any atom is -0.399 e. The van der Waals surface area contributed by atoms with Crippen molar-refractivity contribution < 1.29 is 0 Å². The lowest BCUT2D eigenvalue weighted by Crippen LogP contribution is -2.59. The van der Waals surface area contributed by atoms with E-state index >= 15 is 0 Å². The molecule has 2 fully saturated rings. The molecule has 2 nitrogen and oxygen atoms in total. The summed E-state index contributed by atoms with van der Waals surface area (Å²) in [5.74, 6) is 0.870. The van der Waals surface area contributed by atoms with E-state index in [4.69, 9.17) is 5.73 Å². The fourth-order valence-electron chi connectivity index (χ4n) is 5.21. The van der Waals surface area contributed by atoms with E-state index < -0.39 is 0 Å². The molecule has 1 saturated heterocycles. The van der Waals surface area contributed by atoms with Crippen molar-refractivity contribution in [2.75, 3.05) is 19.3 Å². The Morgan fingerprint density at radius 1 is 1.26 bits per heavy atom. The summed E-state index contributed by atoms with van der Waals surface area (Å²) in [5, 5.41) is 0. The minimum absolute atomic E-state index is 0.457. The Kier molecular flexibility index (Phi) is 2.47. The van der Waals surface area contributed by atoms with Crippen LogP contribution in [0.2, 0.25) is 0 Å². The third kappa shape index (κ3) is 1.53. The van der Waals surface area contributed by atoms with E-state index in [1.807, 2.05) is 0 Å². The van der Waals surface area contributed by atoms with Crippen LogP contribution in [0.25, 0.3) is 0 Å². The highest BCUT2D eigenvalue weighted by molar-refractivity contribution is 5.51. The van der Waals surface area contributed by atoms with Gasteiger partial charge >= 0.3 is 0 Å². The summed E-state index contributed by atoms with van der Waals surface area (Å²) in [6.45, 7) is 1.26. The zero-order valence-electron chi connectivity index (χ0n) is 11.9. The molecule has 2 N–H and O–H groups in total. The Bertz CT molecular complexity index is 510. The summed E-state index contributed by atoms with van der Waals surface area (Å²) < 4.78 is 0. The van der Waals surface area contributed by atoms with Crippen molar-refractivity contribution in [1.82, 2.24) is 4.90 Å². The van der Waals surface area contributed by atoms with E-state index in [9.17, 15) is 0 Å². The van der Waals surface area contributed by atoms with Crippen LogP contribution in [-0.2, 0) is 11.8 Å². The number of nitrogens with zero attached hydrogens (tertiary/aromatic N) is 1. The number of hydrogen-bond donors (Lipinski definition) is 1. The number of rotatable bonds is 0. The van der Waals surface area contributed by atoms with Gasteiger partial charge in [-0.2, -0.15) is 0 Å². The first-order valence-corrected chi connectivity index (χ1v) is 7.80. The molecule has 19 heavy (non-hydrogen) atoms. The monoisotopic (exact) mass is 256 g/mol. The lowest BCUT2D eigenvalue weighted by Gasteiger charge is -2.58. The number of piperidine rings is 1. The predicted octanol–water partition coefficient (Wildman–Crippen LogP) is 2.96. The van der Waals surface area contributed by atoms with Crippen LogP contribution < -0.4 is 5.73 Å². The number of anilines is 1. The average molecular weight is 256 g/mol. The molecule has 1 heterocycles. The van der Waals surface area contributed by atoms with E-state index in [1.54, 1.807) is 11.1 Å². The van der Waals surface area contributed by atoms with Crippen molar-refractivity contribution in [3.8, 4) is 0 Å². The maximum atomic E-state index is 6.09. The zero-order chi connectivity index (χ0) is 13.0. The highest BCUT2D eigenvalue weighted by Gasteiger charge is 2.52. The van der Waals surface area contributed by atoms with Crippen molar-refractivity contribution in [2.24, 2.45) is 5.92 Å². The van der Waals surface area contributed by atoms with Crippen molar-refractivity contribution in [1.29, 1.82) is 0 Å². The predicted molar refractivity (Wildman–Crippen MR) is 79.2 cm³/mol. The van der Waals surface area contributed by atoms with Gasteiger partial charge in [-0.3, -0.25) is 0 Å². The largest absolute Gasteiger partial charge is 0.399 e. The van der Waals surface area contributed by atoms with Gasteiger partial charge in [0.2, 0.25) is 0 Å². The van der Waals surface area contributed by atoms with Gasteiger partial charge in [0.1, 0.15) is 0 Å². The summed E-state index contributed by atoms with van der Waals surface area (Å²) in [4.78, 5) is 2.62. The van der Waals surface area contributed by atoms with Gasteiger partial charge in [0.15, 0.2) is 0 Å². The molecule has 1 saturated carbocycles. The van der Waals surface area contributed by atoms with Gasteiger partial charge in [0.25, 0.3) is 0 Å². The van der Waals surface area contributed by atoms with E-state index in [0.29, 0.717) is 5.41 Å². The molecular weight excluding hydrogens is 232 g/mol. The Morgan fingerprint density at radius 3 is 3.05 bits per heavy atom. The molecule has 3 atom stereocenters. The maximum absolute atomic E-state index is 6.09. The Labute approximate surface area is 116 Å². The molecule has 4 rings (SSSR count). The number of nitrogens with two attached hydrogens (primary N) is 1. The second-order valence-corrected chi connectivity index (χ2v) is 6.93. The smallest absolute Gasteiger partial charge is 0.0317 e. The van der Waals surface area contributed by atoms with Crippen LogP contribution in [0.1, 0.15) is 43.2 Å². The van der Waals surface area contributed by atoms with Gasteiger partial charge in [-0.05, 0) is 68.5 Å². The second kappa shape index (κ2) is 3.99. The van der Waals surface area contributed by atoms with Gasteiger partial charge in [-0.15, -0.1) is 0 Å². The fraction of sp³-hybridized carbons (Fsp3) is 0.647. The molecule has 2 aliphatic carbocycles. The molecule has 1 aromatic carbocycles. The second-order valence-electron chi connectivity index (χ2n) is 6.93. The van der Waals surface area contributed by atoms with Crippen molar-refractivity contribution in [2.45, 2.75) is 50.0 Å². The summed E-state index contributed by atoms with van der Waals surface area (Å²) in [6, 6.07) is 7.46. The fourth-order valence-corrected chi connectivity index (χ4v) is 5.21. The Morgan fingerprint density at radius 2 is 2.16 bits per heavy atom. The van der Waals surface area contributed by atoms with Crippen LogP contribution in [0.5, 0.6) is 0 Å². The first-order chi connectivity index (χ1) is 9.21. The third-order valence-corrected chi connectivity index (χ3v) is 6.14. The Balaban J connectivity index is 1.90. The van der Waals surface area contributed by atoms with E-state index in [0.717, 1.165) is 17.6 Å². The molecule has 0 amide bonds. The van der Waals surface area contributed by atoms with Crippen LogP contribution in [-0.4, -0.2) is 24.5 Å². The van der Waals surface area contributed by atoms with Gasteiger partial charge in [0, 0.05) is 17.1 Å². The number of hydrogen-bond acceptors (Lipinski definition) is 2. The van der Waals surface area contributed by atoms with Crippen LogP contribution in [0.15, 0.2) is 18.2 Å². The highest BCUT2D eigenvalue weighted by atomic mass is 15.1. The van der Waals surface area contributed by atoms with Crippen molar-refractivity contribution in [3.63, 3.8) is 0 Å². The molecule has 1 aromatic rings. The number of fused-ring (bicyclic) bond motifs is 1. The maximum Gasteiger partial charge on any atom is 0.0317 e. The van der Waals surface area contributed by atoms with Gasteiger partial charge in [0.05, 0.1) is 0 Å². The van der Waals surface area contributed by atoms with E-state index in [-0.39, 0.29) is 0 Å². The highest BCUT2D eigenvalue weighted by Crippen LogP contribution is 2.55. The van der Waals surface area contributed by atoms with Gasteiger partial charge < -0.3 is 10.6 Å². The van der Waals surface area contributed by atoms with Gasteiger partial charge in [-0.1, -0.05) is 18.9 Å². The average Bonchev–Trinajstić information content (AvgIpc) is 2.43. The van der Waals surface area contributed by atoms with Gasteiger partial charge in [-0.25, -0.2) is 0 Å². The summed E-state index contributed by atoms with van der Waals surface area (Å²) in [6.07, 6.45) is 8.21. The number of likely N-dealkylation sites (N-methyl/N-ethyl adjacent to an activating group) is 1. The van der Waals surface area contributed by atoms with Crippen LogP contribution in [0.3, 0.4) is 0 Å². The molecule has 0 radical (unpaired) electrons. The normalized spacial score (nSPS) is 37.5. The summed E-state index contributed by atoms with van der Waals surface area (Å²) in [7, 11) is 2.32. The first-order valence-electron chi connectivity index (χ1n) is 7.80. The molecule has 1 aliphatic heterocycles. The van der Waals surface area contributed by atoms with Crippen LogP contribution in [0.4, 0.5) is 5.69 Å². The standard InChI is InChI=1S/C17H24N2/c1-19-9-8-17-7-3-2-4-14(17)16(19)10-12-5-6-13(18)11-15(12)17/h5-6,11,14,16H,2-4,7-10,18H2,1H3/t14?,16?,17-/m1/s1. The molecule has 0 spiro atoms. The quantitative estimate of drug-likeness (QED) is 0.723. The van der Waals surface area contributed by atoms with E-state index in [1.165, 1.54) is 45.1 Å². The van der Waals surface area contributed by atoms with Crippen molar-refractivity contribution in [3.05, 3.63) is 29.3 Å². The number of benzene rings is 1. The molecule has 2 heteroatoms. The summed E-state index contributed by atoms with van der Waals surface area (Å²) >= 11 is 0.